The van der Waals surface area contributed by atoms with Gasteiger partial charge < -0.3 is 15.5 Å². The average Bonchev–Trinajstić information content (AvgIpc) is 2.48. The summed E-state index contributed by atoms with van der Waals surface area (Å²) in [7, 11) is 0. The van der Waals surface area contributed by atoms with Gasteiger partial charge in [-0.05, 0) is 26.9 Å². The van der Waals surface area contributed by atoms with E-state index < -0.39 is 18.4 Å². The summed E-state index contributed by atoms with van der Waals surface area (Å²) in [5.74, 6) is -2.28. The fourth-order valence-corrected chi connectivity index (χ4v) is 1.93. The van der Waals surface area contributed by atoms with E-state index in [0.29, 0.717) is 5.57 Å². The summed E-state index contributed by atoms with van der Waals surface area (Å²) in [4.78, 5) is 20.5. The van der Waals surface area contributed by atoms with Gasteiger partial charge in [-0.3, -0.25) is 4.79 Å². The lowest BCUT2D eigenvalue weighted by atomic mass is 10.0. The van der Waals surface area contributed by atoms with Gasteiger partial charge in [-0.2, -0.15) is 0 Å². The maximum absolute atomic E-state index is 10.4. The predicted octanol–water partition coefficient (Wildman–Crippen LogP) is 3.84. The van der Waals surface area contributed by atoms with Crippen molar-refractivity contribution in [2.45, 2.75) is 72.6 Å². The van der Waals surface area contributed by atoms with Crippen LogP contribution in [0.3, 0.4) is 0 Å². The second-order valence-corrected chi connectivity index (χ2v) is 5.43. The molecule has 1 fully saturated rings. The topological polar surface area (TPSA) is 86.6 Å². The summed E-state index contributed by atoms with van der Waals surface area (Å²) in [5, 5.41) is 19.9. The quantitative estimate of drug-likeness (QED) is 0.671. The van der Waals surface area contributed by atoms with Crippen molar-refractivity contribution in [2.24, 2.45) is 0 Å². The van der Waals surface area contributed by atoms with Crippen LogP contribution in [0.15, 0.2) is 11.1 Å². The molecule has 0 radical (unpaired) electrons. The standard InChI is InChI=1S/C7H10O4.C6H12.C4H11N/c1-4(2)5(7(10)11)3-6(8)9;1-2-4-6-5-3-1;1-3-5-4-2/h3H2,1-2H3,(H,8,9)(H,10,11);1-6H2;5H,3-4H2,1-2H3. The van der Waals surface area contributed by atoms with Crippen molar-refractivity contribution < 1.29 is 19.8 Å². The summed E-state index contributed by atoms with van der Waals surface area (Å²) in [6.45, 7) is 9.54. The Balaban J connectivity index is 0. The molecule has 0 heterocycles. The number of hydrogen-bond acceptors (Lipinski definition) is 3. The van der Waals surface area contributed by atoms with Crippen LogP contribution in [0.4, 0.5) is 0 Å². The third-order valence-corrected chi connectivity index (χ3v) is 3.19. The Morgan fingerprint density at radius 2 is 1.23 bits per heavy atom. The summed E-state index contributed by atoms with van der Waals surface area (Å²) in [6, 6.07) is 0. The molecule has 0 spiro atoms. The van der Waals surface area contributed by atoms with Crippen LogP contribution in [0.1, 0.15) is 72.6 Å². The van der Waals surface area contributed by atoms with Crippen LogP contribution in [0.2, 0.25) is 0 Å². The van der Waals surface area contributed by atoms with Gasteiger partial charge >= 0.3 is 11.9 Å². The largest absolute Gasteiger partial charge is 0.481 e. The van der Waals surface area contributed by atoms with E-state index in [-0.39, 0.29) is 5.57 Å². The number of nitrogens with one attached hydrogen (secondary N) is 1. The smallest absolute Gasteiger partial charge is 0.332 e. The summed E-state index contributed by atoms with van der Waals surface area (Å²) in [6.07, 6.45) is 8.58. The minimum Gasteiger partial charge on any atom is -0.481 e. The van der Waals surface area contributed by atoms with Gasteiger partial charge in [-0.25, -0.2) is 4.79 Å². The Morgan fingerprint density at radius 3 is 1.32 bits per heavy atom. The first-order chi connectivity index (χ1) is 10.4. The fraction of sp³-hybridized carbons (Fsp3) is 0.765. The van der Waals surface area contributed by atoms with Gasteiger partial charge in [0.25, 0.3) is 0 Å². The molecule has 0 unspecified atom stereocenters. The van der Waals surface area contributed by atoms with Crippen LogP contribution in [0.5, 0.6) is 0 Å². The van der Waals surface area contributed by atoms with Crippen molar-refractivity contribution in [1.82, 2.24) is 5.32 Å². The number of hydrogen-bond donors (Lipinski definition) is 3. The Bertz CT molecular complexity index is 316. The minimum absolute atomic E-state index is 0.0440. The Morgan fingerprint density at radius 1 is 0.864 bits per heavy atom. The third kappa shape index (κ3) is 16.7. The molecular formula is C17H33NO4. The Kier molecular flexibility index (Phi) is 16.7. The van der Waals surface area contributed by atoms with Crippen LogP contribution >= 0.6 is 0 Å². The maximum Gasteiger partial charge on any atom is 0.332 e. The van der Waals surface area contributed by atoms with Gasteiger partial charge in [0, 0.05) is 5.57 Å². The van der Waals surface area contributed by atoms with Gasteiger partial charge in [0.15, 0.2) is 0 Å². The molecule has 0 atom stereocenters. The van der Waals surface area contributed by atoms with Crippen LogP contribution in [-0.4, -0.2) is 35.2 Å². The molecule has 22 heavy (non-hydrogen) atoms. The van der Waals surface area contributed by atoms with Crippen LogP contribution in [-0.2, 0) is 9.59 Å². The Labute approximate surface area is 134 Å². The molecule has 1 aliphatic rings. The molecule has 0 amide bonds. The third-order valence-electron chi connectivity index (χ3n) is 3.19. The second-order valence-electron chi connectivity index (χ2n) is 5.43. The van der Waals surface area contributed by atoms with Crippen molar-refractivity contribution in [3.8, 4) is 0 Å². The summed E-state index contributed by atoms with van der Waals surface area (Å²) in [5.41, 5.74) is 0.484. The summed E-state index contributed by atoms with van der Waals surface area (Å²) < 4.78 is 0. The summed E-state index contributed by atoms with van der Waals surface area (Å²) >= 11 is 0. The van der Waals surface area contributed by atoms with Gasteiger partial charge in [-0.15, -0.1) is 0 Å². The van der Waals surface area contributed by atoms with Gasteiger partial charge in [-0.1, -0.05) is 57.9 Å². The van der Waals surface area contributed by atoms with E-state index in [2.05, 4.69) is 19.2 Å². The van der Waals surface area contributed by atoms with Crippen molar-refractivity contribution in [2.75, 3.05) is 13.1 Å². The molecule has 130 valence electrons. The molecule has 1 rings (SSSR count). The highest BCUT2D eigenvalue weighted by atomic mass is 16.4. The first kappa shape index (κ1) is 22.9. The minimum atomic E-state index is -1.16. The normalized spacial score (nSPS) is 12.9. The number of carboxylic acid groups (broad SMARTS) is 2. The molecule has 1 saturated carbocycles. The SMILES string of the molecule is C1CCCCC1.CC(C)=C(CC(=O)O)C(=O)O.CCNCC. The maximum atomic E-state index is 10.4. The van der Waals surface area contributed by atoms with Crippen molar-refractivity contribution in [3.63, 3.8) is 0 Å². The molecular weight excluding hydrogens is 282 g/mol. The molecule has 5 heteroatoms. The van der Waals surface area contributed by atoms with E-state index in [1.807, 2.05) is 0 Å². The molecule has 0 bridgehead atoms. The molecule has 0 aromatic heterocycles. The highest BCUT2D eigenvalue weighted by molar-refractivity contribution is 5.92. The van der Waals surface area contributed by atoms with Crippen molar-refractivity contribution >= 4 is 11.9 Å². The number of aliphatic carboxylic acids is 2. The van der Waals surface area contributed by atoms with Crippen LogP contribution in [0.25, 0.3) is 0 Å². The zero-order valence-corrected chi connectivity index (χ0v) is 14.6. The Hall–Kier alpha value is -1.36. The lowest BCUT2D eigenvalue weighted by molar-refractivity contribution is -0.139. The molecule has 0 saturated heterocycles. The van der Waals surface area contributed by atoms with E-state index in [1.54, 1.807) is 13.8 Å². The lowest BCUT2D eigenvalue weighted by Gasteiger charge is -2.05. The fourth-order valence-electron chi connectivity index (χ4n) is 1.93. The first-order valence-electron chi connectivity index (χ1n) is 8.18. The number of rotatable bonds is 5. The predicted molar refractivity (Wildman–Crippen MR) is 90.2 cm³/mol. The molecule has 0 aromatic carbocycles. The van der Waals surface area contributed by atoms with E-state index >= 15 is 0 Å². The van der Waals surface area contributed by atoms with Gasteiger partial charge in [0.05, 0.1) is 6.42 Å². The monoisotopic (exact) mass is 315 g/mol. The zero-order chi connectivity index (χ0) is 17.4. The number of carboxylic acids is 2. The molecule has 1 aliphatic carbocycles. The molecule has 5 nitrogen and oxygen atoms in total. The van der Waals surface area contributed by atoms with Gasteiger partial charge in [0.1, 0.15) is 0 Å². The molecule has 0 aromatic rings. The van der Waals surface area contributed by atoms with Crippen molar-refractivity contribution in [1.29, 1.82) is 0 Å². The highest BCUT2D eigenvalue weighted by Crippen LogP contribution is 2.15. The lowest BCUT2D eigenvalue weighted by Crippen LogP contribution is -2.09. The van der Waals surface area contributed by atoms with Crippen LogP contribution in [0, 0.1) is 0 Å². The van der Waals surface area contributed by atoms with Gasteiger partial charge in [0.2, 0.25) is 0 Å². The van der Waals surface area contributed by atoms with E-state index in [1.165, 1.54) is 38.5 Å². The van der Waals surface area contributed by atoms with Crippen LogP contribution < -0.4 is 5.32 Å². The van der Waals surface area contributed by atoms with E-state index in [9.17, 15) is 9.59 Å². The second kappa shape index (κ2) is 16.0. The molecule has 3 N–H and O–H groups in total. The highest BCUT2D eigenvalue weighted by Gasteiger charge is 2.12. The number of allylic oxidation sites excluding steroid dienone is 1. The number of carbonyl (C=O) groups is 2. The van der Waals surface area contributed by atoms with E-state index in [4.69, 9.17) is 10.2 Å². The zero-order valence-electron chi connectivity index (χ0n) is 14.6. The average molecular weight is 315 g/mol. The molecule has 0 aliphatic heterocycles. The van der Waals surface area contributed by atoms with E-state index in [0.717, 1.165) is 13.1 Å². The first-order valence-corrected chi connectivity index (χ1v) is 8.18. The van der Waals surface area contributed by atoms with Crippen molar-refractivity contribution in [3.05, 3.63) is 11.1 Å².